The molecule has 6 nitrogen and oxygen atoms in total. The zero-order valence-corrected chi connectivity index (χ0v) is 14.7. The van der Waals surface area contributed by atoms with Gasteiger partial charge in [0.05, 0.1) is 5.39 Å². The maximum atomic E-state index is 11.8. The summed E-state index contributed by atoms with van der Waals surface area (Å²) < 4.78 is 0. The van der Waals surface area contributed by atoms with E-state index in [9.17, 15) is 4.79 Å². The Kier molecular flexibility index (Phi) is 3.45. The van der Waals surface area contributed by atoms with E-state index in [1.807, 2.05) is 18.3 Å². The van der Waals surface area contributed by atoms with Crippen LogP contribution in [-0.2, 0) is 6.54 Å². The highest BCUT2D eigenvalue weighted by Crippen LogP contribution is 2.36. The number of anilines is 1. The summed E-state index contributed by atoms with van der Waals surface area (Å²) in [6, 6.07) is 6.03. The highest BCUT2D eigenvalue weighted by atomic mass is 16.1. The second-order valence-corrected chi connectivity index (χ2v) is 7.37. The van der Waals surface area contributed by atoms with Crippen LogP contribution in [0.15, 0.2) is 30.7 Å². The van der Waals surface area contributed by atoms with Crippen molar-refractivity contribution in [1.29, 1.82) is 0 Å². The molecule has 2 aliphatic rings. The molecule has 0 spiro atoms. The number of hydrogen-bond donors (Lipinski definition) is 2. The zero-order valence-electron chi connectivity index (χ0n) is 14.7. The fraction of sp³-hybridized carbons (Fsp3) is 0.350. The van der Waals surface area contributed by atoms with Crippen LogP contribution in [0.1, 0.15) is 35.7 Å². The second kappa shape index (κ2) is 5.83. The molecule has 2 aromatic heterocycles. The summed E-state index contributed by atoms with van der Waals surface area (Å²) in [4.78, 5) is 26.6. The van der Waals surface area contributed by atoms with Gasteiger partial charge < -0.3 is 15.2 Å². The summed E-state index contributed by atoms with van der Waals surface area (Å²) >= 11 is 0. The Balaban J connectivity index is 1.64. The Hall–Kier alpha value is -2.89. The summed E-state index contributed by atoms with van der Waals surface area (Å²) in [6.45, 7) is 4.95. The highest BCUT2D eigenvalue weighted by molar-refractivity contribution is 6.03. The Bertz CT molecular complexity index is 1010. The molecular weight excluding hydrogens is 326 g/mol. The third-order valence-electron chi connectivity index (χ3n) is 5.51. The number of benzene rings is 1. The summed E-state index contributed by atoms with van der Waals surface area (Å²) in [5, 5.41) is 3.95. The molecule has 0 aliphatic carbocycles. The van der Waals surface area contributed by atoms with Crippen molar-refractivity contribution in [2.45, 2.75) is 26.3 Å². The van der Waals surface area contributed by atoms with E-state index < -0.39 is 0 Å². The minimum atomic E-state index is 0.0109. The lowest BCUT2D eigenvalue weighted by Gasteiger charge is -2.32. The highest BCUT2D eigenvalue weighted by Gasteiger charge is 2.24. The molecule has 1 fully saturated rings. The van der Waals surface area contributed by atoms with Gasteiger partial charge in [-0.15, -0.1) is 0 Å². The summed E-state index contributed by atoms with van der Waals surface area (Å²) in [6.07, 6.45) is 6.11. The lowest BCUT2D eigenvalue weighted by molar-refractivity contribution is 0.0966. The summed E-state index contributed by atoms with van der Waals surface area (Å²) in [5.74, 6) is 1.69. The minimum Gasteiger partial charge on any atom is -0.356 e. The van der Waals surface area contributed by atoms with E-state index in [2.05, 4.69) is 38.2 Å². The normalized spacial score (nSPS) is 19.7. The van der Waals surface area contributed by atoms with Crippen LogP contribution in [0, 0.1) is 5.92 Å². The first-order valence-corrected chi connectivity index (χ1v) is 9.19. The van der Waals surface area contributed by atoms with Gasteiger partial charge in [-0.3, -0.25) is 4.79 Å². The fourth-order valence-corrected chi connectivity index (χ4v) is 4.20. The van der Waals surface area contributed by atoms with Crippen molar-refractivity contribution in [1.82, 2.24) is 20.3 Å². The first-order valence-electron chi connectivity index (χ1n) is 9.19. The van der Waals surface area contributed by atoms with Gasteiger partial charge in [-0.25, -0.2) is 9.97 Å². The van der Waals surface area contributed by atoms with Gasteiger partial charge in [0.15, 0.2) is 0 Å². The number of nitrogens with zero attached hydrogens (tertiary/aromatic N) is 3. The maximum Gasteiger partial charge on any atom is 0.251 e. The first-order chi connectivity index (χ1) is 12.7. The van der Waals surface area contributed by atoms with Crippen LogP contribution in [0.2, 0.25) is 0 Å². The van der Waals surface area contributed by atoms with Gasteiger partial charge in [0.25, 0.3) is 5.91 Å². The number of aromatic nitrogens is 3. The van der Waals surface area contributed by atoms with Gasteiger partial charge in [0, 0.05) is 37.0 Å². The van der Waals surface area contributed by atoms with Crippen LogP contribution in [0.3, 0.4) is 0 Å². The van der Waals surface area contributed by atoms with Crippen LogP contribution in [-0.4, -0.2) is 33.9 Å². The molecular formula is C20H21N5O. The lowest BCUT2D eigenvalue weighted by Crippen LogP contribution is -2.35. The molecule has 0 saturated carbocycles. The maximum absolute atomic E-state index is 11.8. The topological polar surface area (TPSA) is 73.9 Å². The Morgan fingerprint density at radius 3 is 3.04 bits per heavy atom. The lowest BCUT2D eigenvalue weighted by atomic mass is 9.98. The molecule has 0 radical (unpaired) electrons. The molecule has 1 aromatic carbocycles. The number of fused-ring (bicyclic) bond motifs is 2. The summed E-state index contributed by atoms with van der Waals surface area (Å²) in [5.41, 5.74) is 4.86. The number of hydrogen-bond acceptors (Lipinski definition) is 4. The molecule has 132 valence electrons. The van der Waals surface area contributed by atoms with E-state index in [0.717, 1.165) is 52.2 Å². The predicted octanol–water partition coefficient (Wildman–Crippen LogP) is 3.10. The third kappa shape index (κ3) is 2.36. The number of H-pyrrole nitrogens is 1. The van der Waals surface area contributed by atoms with Crippen molar-refractivity contribution >= 4 is 22.8 Å². The van der Waals surface area contributed by atoms with Crippen molar-refractivity contribution in [2.24, 2.45) is 5.92 Å². The SMILES string of the molecule is C[C@H]1CCCN(c2ncnc3[nH]cc(-c4ccc5c(c4)CNC5=O)c23)C1. The average molecular weight is 347 g/mol. The van der Waals surface area contributed by atoms with Gasteiger partial charge in [-0.2, -0.15) is 0 Å². The monoisotopic (exact) mass is 347 g/mol. The minimum absolute atomic E-state index is 0.0109. The number of aromatic amines is 1. The Morgan fingerprint density at radius 1 is 1.23 bits per heavy atom. The van der Waals surface area contributed by atoms with Crippen LogP contribution in [0.25, 0.3) is 22.2 Å². The number of rotatable bonds is 2. The molecule has 5 rings (SSSR count). The molecule has 1 saturated heterocycles. The molecule has 0 bridgehead atoms. The van der Waals surface area contributed by atoms with E-state index in [4.69, 9.17) is 0 Å². The van der Waals surface area contributed by atoms with E-state index in [-0.39, 0.29) is 5.91 Å². The molecule has 0 unspecified atom stereocenters. The molecule has 26 heavy (non-hydrogen) atoms. The average Bonchev–Trinajstić information content (AvgIpc) is 3.25. The van der Waals surface area contributed by atoms with E-state index >= 15 is 0 Å². The van der Waals surface area contributed by atoms with Gasteiger partial charge in [0.1, 0.15) is 17.8 Å². The van der Waals surface area contributed by atoms with Crippen LogP contribution in [0.4, 0.5) is 5.82 Å². The molecule has 2 aliphatic heterocycles. The number of nitrogens with one attached hydrogen (secondary N) is 2. The molecule has 1 amide bonds. The molecule has 6 heteroatoms. The van der Waals surface area contributed by atoms with E-state index in [1.54, 1.807) is 6.33 Å². The fourth-order valence-electron chi connectivity index (χ4n) is 4.20. The Labute approximate surface area is 151 Å². The van der Waals surface area contributed by atoms with E-state index in [0.29, 0.717) is 12.5 Å². The van der Waals surface area contributed by atoms with Gasteiger partial charge >= 0.3 is 0 Å². The first kappa shape index (κ1) is 15.4. The number of carbonyl (C=O) groups is 1. The van der Waals surface area contributed by atoms with Gasteiger partial charge in [-0.1, -0.05) is 13.0 Å². The number of amides is 1. The van der Waals surface area contributed by atoms with Crippen LogP contribution < -0.4 is 10.2 Å². The van der Waals surface area contributed by atoms with Crippen LogP contribution >= 0.6 is 0 Å². The smallest absolute Gasteiger partial charge is 0.251 e. The second-order valence-electron chi connectivity index (χ2n) is 7.37. The van der Waals surface area contributed by atoms with E-state index in [1.165, 1.54) is 12.8 Å². The van der Waals surface area contributed by atoms with Crippen molar-refractivity contribution < 1.29 is 4.79 Å². The largest absolute Gasteiger partial charge is 0.356 e. The van der Waals surface area contributed by atoms with Crippen molar-refractivity contribution in [2.75, 3.05) is 18.0 Å². The zero-order chi connectivity index (χ0) is 17.7. The van der Waals surface area contributed by atoms with Crippen molar-refractivity contribution in [3.05, 3.63) is 41.9 Å². The van der Waals surface area contributed by atoms with Gasteiger partial charge in [0.2, 0.25) is 0 Å². The third-order valence-corrected chi connectivity index (χ3v) is 5.51. The number of carbonyl (C=O) groups excluding carboxylic acids is 1. The summed E-state index contributed by atoms with van der Waals surface area (Å²) in [7, 11) is 0. The van der Waals surface area contributed by atoms with Crippen molar-refractivity contribution in [3.63, 3.8) is 0 Å². The predicted molar refractivity (Wildman–Crippen MR) is 101 cm³/mol. The van der Waals surface area contributed by atoms with Gasteiger partial charge in [-0.05, 0) is 42.0 Å². The number of piperidine rings is 1. The quantitative estimate of drug-likeness (QED) is 0.747. The molecule has 1 atom stereocenters. The Morgan fingerprint density at radius 2 is 2.15 bits per heavy atom. The van der Waals surface area contributed by atoms with Crippen LogP contribution in [0.5, 0.6) is 0 Å². The molecule has 3 aromatic rings. The molecule has 2 N–H and O–H groups in total. The molecule has 4 heterocycles. The standard InChI is InChI=1S/C20H21N5O/c1-12-3-2-6-25(10-12)19-17-16(9-21-18(17)23-11-24-19)13-4-5-15-14(7-13)8-22-20(15)26/h4-5,7,9,11-12H,2-3,6,8,10H2,1H3,(H,22,26)(H,21,23,24)/t12-/m0/s1. The van der Waals surface area contributed by atoms with Crippen molar-refractivity contribution in [3.8, 4) is 11.1 Å².